The summed E-state index contributed by atoms with van der Waals surface area (Å²) in [4.78, 5) is 38.0. The van der Waals surface area contributed by atoms with E-state index in [1.165, 1.54) is 173 Å². The molecule has 0 radical (unpaired) electrons. The van der Waals surface area contributed by atoms with Crippen LogP contribution in [0.5, 0.6) is 0 Å². The third-order valence-electron chi connectivity index (χ3n) is 12.8. The summed E-state index contributed by atoms with van der Waals surface area (Å²) in [6.07, 6.45) is 71.1. The van der Waals surface area contributed by atoms with Gasteiger partial charge < -0.3 is 14.2 Å². The Morgan fingerprint density at radius 1 is 0.309 bits per heavy atom. The Bertz CT molecular complexity index is 1230. The average Bonchev–Trinajstić information content (AvgIpc) is 3.34. The molecule has 1 atom stereocenters. The Hall–Kier alpha value is -2.89. The van der Waals surface area contributed by atoms with Crippen molar-refractivity contribution in [2.75, 3.05) is 13.2 Å². The van der Waals surface area contributed by atoms with Crippen molar-refractivity contribution in [3.05, 3.63) is 60.8 Å². The number of ether oxygens (including phenoxy) is 3. The Balaban J connectivity index is 4.20. The highest BCUT2D eigenvalue weighted by Crippen LogP contribution is 2.17. The first-order chi connectivity index (χ1) is 33.5. The van der Waals surface area contributed by atoms with Crippen LogP contribution in [0.2, 0.25) is 0 Å². The van der Waals surface area contributed by atoms with E-state index >= 15 is 0 Å². The molecule has 1 unspecified atom stereocenters. The van der Waals surface area contributed by atoms with Gasteiger partial charge in [0.25, 0.3) is 0 Å². The van der Waals surface area contributed by atoms with Crippen LogP contribution in [0.4, 0.5) is 0 Å². The zero-order valence-corrected chi connectivity index (χ0v) is 45.1. The molecule has 0 fully saturated rings. The van der Waals surface area contributed by atoms with E-state index in [4.69, 9.17) is 14.2 Å². The fourth-order valence-corrected chi connectivity index (χ4v) is 8.42. The summed E-state index contributed by atoms with van der Waals surface area (Å²) in [6.45, 7) is 6.48. The van der Waals surface area contributed by atoms with Gasteiger partial charge in [0.2, 0.25) is 0 Å². The Morgan fingerprint density at radius 3 is 0.882 bits per heavy atom. The van der Waals surface area contributed by atoms with Crippen LogP contribution in [-0.2, 0) is 28.6 Å². The second-order valence-electron chi connectivity index (χ2n) is 19.5. The van der Waals surface area contributed by atoms with Gasteiger partial charge in [-0.05, 0) is 57.8 Å². The highest BCUT2D eigenvalue weighted by atomic mass is 16.6. The van der Waals surface area contributed by atoms with Crippen LogP contribution >= 0.6 is 0 Å². The van der Waals surface area contributed by atoms with E-state index in [1.54, 1.807) is 0 Å². The van der Waals surface area contributed by atoms with Crippen LogP contribution < -0.4 is 0 Å². The molecule has 0 spiro atoms. The lowest BCUT2D eigenvalue weighted by molar-refractivity contribution is -0.167. The van der Waals surface area contributed by atoms with Crippen LogP contribution in [0.3, 0.4) is 0 Å². The normalized spacial score (nSPS) is 12.5. The zero-order valence-electron chi connectivity index (χ0n) is 45.1. The third-order valence-corrected chi connectivity index (χ3v) is 12.8. The van der Waals surface area contributed by atoms with Crippen molar-refractivity contribution < 1.29 is 28.6 Å². The highest BCUT2D eigenvalue weighted by Gasteiger charge is 2.19. The van der Waals surface area contributed by atoms with Crippen LogP contribution in [0.1, 0.15) is 297 Å². The molecule has 394 valence electrons. The lowest BCUT2D eigenvalue weighted by atomic mass is 10.0. The van der Waals surface area contributed by atoms with E-state index in [9.17, 15) is 14.4 Å². The Labute approximate surface area is 421 Å². The van der Waals surface area contributed by atoms with Gasteiger partial charge in [-0.25, -0.2) is 0 Å². The molecule has 0 heterocycles. The van der Waals surface area contributed by atoms with E-state index in [2.05, 4.69) is 81.5 Å². The molecule has 6 heteroatoms. The SMILES string of the molecule is CC/C=C\C/C=C\C/C=C\C/C=C\C/C=C\CCCC(=O)OC(COC(=O)CCCCCCCCCC)COC(=O)CCCCCCCCCCCCCCCCCCCCCCCCCCC. The molecule has 6 nitrogen and oxygen atoms in total. The standard InChI is InChI=1S/C62H110O6/c1-4-7-10-13-16-19-21-23-25-27-28-29-30-31-32-33-34-36-37-39-41-43-46-49-52-55-61(64)67-58-59(57-66-60(63)54-51-48-45-18-15-12-9-6-3)68-62(65)56-53-50-47-44-42-40-38-35-26-24-22-20-17-14-11-8-5-2/h8,11,17,20,24,26,38,40,44,47,59H,4-7,9-10,12-16,18-19,21-23,25,27-37,39,41-43,45-46,48-58H2,1-3H3/b11-8-,20-17-,26-24-,40-38-,47-44-. The van der Waals surface area contributed by atoms with Gasteiger partial charge in [-0.2, -0.15) is 0 Å². The highest BCUT2D eigenvalue weighted by molar-refractivity contribution is 5.71. The van der Waals surface area contributed by atoms with Crippen molar-refractivity contribution in [1.82, 2.24) is 0 Å². The second kappa shape index (κ2) is 56.7. The summed E-state index contributed by atoms with van der Waals surface area (Å²) >= 11 is 0. The molecule has 0 aliphatic heterocycles. The lowest BCUT2D eigenvalue weighted by Gasteiger charge is -2.18. The van der Waals surface area contributed by atoms with Gasteiger partial charge in [0, 0.05) is 19.3 Å². The minimum absolute atomic E-state index is 0.0934. The zero-order chi connectivity index (χ0) is 49.3. The van der Waals surface area contributed by atoms with Gasteiger partial charge in [0.15, 0.2) is 6.10 Å². The van der Waals surface area contributed by atoms with Gasteiger partial charge in [-0.1, -0.05) is 281 Å². The number of carbonyl (C=O) groups excluding carboxylic acids is 3. The molecule has 0 aromatic heterocycles. The lowest BCUT2D eigenvalue weighted by Crippen LogP contribution is -2.30. The van der Waals surface area contributed by atoms with Crippen molar-refractivity contribution in [2.45, 2.75) is 303 Å². The predicted molar refractivity (Wildman–Crippen MR) is 293 cm³/mol. The fraction of sp³-hybridized carbons (Fsp3) is 0.790. The molecular formula is C62H110O6. The van der Waals surface area contributed by atoms with Crippen LogP contribution in [0.25, 0.3) is 0 Å². The monoisotopic (exact) mass is 951 g/mol. The molecule has 0 rings (SSSR count). The Kier molecular flexibility index (Phi) is 54.3. The first-order valence-corrected chi connectivity index (χ1v) is 29.3. The first-order valence-electron chi connectivity index (χ1n) is 29.3. The summed E-state index contributed by atoms with van der Waals surface area (Å²) in [6, 6.07) is 0. The second-order valence-corrected chi connectivity index (χ2v) is 19.5. The molecular weight excluding hydrogens is 841 g/mol. The van der Waals surface area contributed by atoms with Gasteiger partial charge in [-0.3, -0.25) is 14.4 Å². The van der Waals surface area contributed by atoms with Crippen molar-refractivity contribution in [3.8, 4) is 0 Å². The number of rotatable bonds is 53. The van der Waals surface area contributed by atoms with E-state index in [0.29, 0.717) is 19.3 Å². The molecule has 0 saturated heterocycles. The first kappa shape index (κ1) is 65.1. The number of unbranched alkanes of at least 4 members (excludes halogenated alkanes) is 32. The number of hydrogen-bond acceptors (Lipinski definition) is 6. The maximum atomic E-state index is 12.8. The average molecular weight is 952 g/mol. The number of hydrogen-bond donors (Lipinski definition) is 0. The number of allylic oxidation sites excluding steroid dienone is 10. The van der Waals surface area contributed by atoms with Gasteiger partial charge in [-0.15, -0.1) is 0 Å². The summed E-state index contributed by atoms with van der Waals surface area (Å²) in [7, 11) is 0. The molecule has 0 aliphatic rings. The molecule has 0 N–H and O–H groups in total. The van der Waals surface area contributed by atoms with E-state index < -0.39 is 6.10 Å². The molecule has 0 aromatic carbocycles. The molecule has 0 aliphatic carbocycles. The minimum Gasteiger partial charge on any atom is -0.462 e. The van der Waals surface area contributed by atoms with E-state index in [0.717, 1.165) is 77.0 Å². The smallest absolute Gasteiger partial charge is 0.306 e. The largest absolute Gasteiger partial charge is 0.462 e. The van der Waals surface area contributed by atoms with E-state index in [1.807, 2.05) is 0 Å². The third kappa shape index (κ3) is 54.1. The summed E-state index contributed by atoms with van der Waals surface area (Å²) in [5.41, 5.74) is 0. The summed E-state index contributed by atoms with van der Waals surface area (Å²) < 4.78 is 16.8. The van der Waals surface area contributed by atoms with Gasteiger partial charge in [0.05, 0.1) is 0 Å². The molecule has 68 heavy (non-hydrogen) atoms. The van der Waals surface area contributed by atoms with Crippen molar-refractivity contribution in [2.24, 2.45) is 0 Å². The van der Waals surface area contributed by atoms with Crippen LogP contribution in [0, 0.1) is 0 Å². The van der Waals surface area contributed by atoms with Crippen LogP contribution in [0.15, 0.2) is 60.8 Å². The maximum Gasteiger partial charge on any atom is 0.306 e. The summed E-state index contributed by atoms with van der Waals surface area (Å²) in [5, 5.41) is 0. The molecule has 0 saturated carbocycles. The fourth-order valence-electron chi connectivity index (χ4n) is 8.42. The molecule has 0 amide bonds. The van der Waals surface area contributed by atoms with Gasteiger partial charge in [0.1, 0.15) is 13.2 Å². The molecule has 0 bridgehead atoms. The number of carbonyl (C=O) groups is 3. The van der Waals surface area contributed by atoms with Crippen molar-refractivity contribution in [1.29, 1.82) is 0 Å². The summed E-state index contributed by atoms with van der Waals surface area (Å²) in [5.74, 6) is -0.946. The van der Waals surface area contributed by atoms with Gasteiger partial charge >= 0.3 is 17.9 Å². The van der Waals surface area contributed by atoms with Crippen molar-refractivity contribution in [3.63, 3.8) is 0 Å². The quantitative estimate of drug-likeness (QED) is 0.0262. The maximum absolute atomic E-state index is 12.8. The minimum atomic E-state index is -0.799. The van der Waals surface area contributed by atoms with E-state index in [-0.39, 0.29) is 37.5 Å². The Morgan fingerprint density at radius 2 is 0.574 bits per heavy atom. The topological polar surface area (TPSA) is 78.9 Å². The predicted octanol–water partition coefficient (Wildman–Crippen LogP) is 19.6. The van der Waals surface area contributed by atoms with Crippen molar-refractivity contribution >= 4 is 17.9 Å². The van der Waals surface area contributed by atoms with Crippen LogP contribution in [-0.4, -0.2) is 37.2 Å². The number of esters is 3. The molecule has 0 aromatic rings.